The minimum atomic E-state index is -0.294. The van der Waals surface area contributed by atoms with Crippen LogP contribution in [0.3, 0.4) is 0 Å². The Labute approximate surface area is 165 Å². The van der Waals surface area contributed by atoms with Crippen molar-refractivity contribution in [2.75, 3.05) is 32.6 Å². The summed E-state index contributed by atoms with van der Waals surface area (Å²) in [6.45, 7) is 6.85. The highest BCUT2D eigenvalue weighted by Gasteiger charge is 2.17. The number of rotatable bonds is 9. The van der Waals surface area contributed by atoms with Gasteiger partial charge in [0.25, 0.3) is 5.56 Å². The van der Waals surface area contributed by atoms with Crippen molar-refractivity contribution in [3.63, 3.8) is 0 Å². The van der Waals surface area contributed by atoms with Gasteiger partial charge in [0.1, 0.15) is 4.83 Å². The molecule has 27 heavy (non-hydrogen) atoms. The standard InChI is InChI=1S/C17H24N4O4S2/c1-5-18-12(22)8-19-13(23)9-26-17-20-15-14(10(2)11(3)27-15)16(24)21(17)6-7-25-4/h5-9H2,1-4H3,(H,18,22)(H,19,23). The molecule has 2 heterocycles. The van der Waals surface area contributed by atoms with Crippen molar-refractivity contribution in [3.05, 3.63) is 20.8 Å². The molecule has 0 radical (unpaired) electrons. The highest BCUT2D eigenvalue weighted by Crippen LogP contribution is 2.28. The second-order valence-corrected chi connectivity index (χ2v) is 7.97. The minimum absolute atomic E-state index is 0.0632. The molecule has 0 saturated carbocycles. The van der Waals surface area contributed by atoms with Crippen LogP contribution >= 0.6 is 23.1 Å². The Hall–Kier alpha value is -1.91. The molecule has 0 spiro atoms. The van der Waals surface area contributed by atoms with E-state index in [1.807, 2.05) is 20.8 Å². The van der Waals surface area contributed by atoms with Gasteiger partial charge in [-0.2, -0.15) is 0 Å². The number of carbonyl (C=O) groups excluding carboxylic acids is 2. The fraction of sp³-hybridized carbons (Fsp3) is 0.529. The van der Waals surface area contributed by atoms with Crippen molar-refractivity contribution in [1.82, 2.24) is 20.2 Å². The smallest absolute Gasteiger partial charge is 0.263 e. The van der Waals surface area contributed by atoms with Crippen LogP contribution in [0, 0.1) is 13.8 Å². The van der Waals surface area contributed by atoms with Crippen molar-refractivity contribution >= 4 is 45.1 Å². The number of carbonyl (C=O) groups is 2. The van der Waals surface area contributed by atoms with Gasteiger partial charge in [-0.25, -0.2) is 4.98 Å². The number of thioether (sulfide) groups is 1. The molecule has 0 unspecified atom stereocenters. The normalized spacial score (nSPS) is 11.0. The number of aromatic nitrogens is 2. The quantitative estimate of drug-likeness (QED) is 0.472. The number of amides is 2. The number of methoxy groups -OCH3 is 1. The molecule has 0 aromatic carbocycles. The van der Waals surface area contributed by atoms with Gasteiger partial charge in [0.2, 0.25) is 11.8 Å². The molecule has 2 aromatic heterocycles. The second-order valence-electron chi connectivity index (χ2n) is 5.83. The number of ether oxygens (including phenoxy) is 1. The number of hydrogen-bond donors (Lipinski definition) is 2. The maximum absolute atomic E-state index is 12.9. The summed E-state index contributed by atoms with van der Waals surface area (Å²) in [4.78, 5) is 42.7. The lowest BCUT2D eigenvalue weighted by Crippen LogP contribution is -2.37. The van der Waals surface area contributed by atoms with Crippen LogP contribution in [0.5, 0.6) is 0 Å². The third kappa shape index (κ3) is 5.30. The molecule has 2 aromatic rings. The highest BCUT2D eigenvalue weighted by molar-refractivity contribution is 7.99. The summed E-state index contributed by atoms with van der Waals surface area (Å²) in [5, 5.41) is 6.26. The second kappa shape index (κ2) is 9.86. The van der Waals surface area contributed by atoms with Crippen LogP contribution in [0.1, 0.15) is 17.4 Å². The summed E-state index contributed by atoms with van der Waals surface area (Å²) < 4.78 is 6.65. The Kier molecular flexibility index (Phi) is 7.81. The molecule has 148 valence electrons. The topological polar surface area (TPSA) is 102 Å². The first-order chi connectivity index (χ1) is 12.9. The molecule has 0 atom stereocenters. The maximum Gasteiger partial charge on any atom is 0.263 e. The van der Waals surface area contributed by atoms with Crippen molar-refractivity contribution in [2.24, 2.45) is 0 Å². The molecule has 8 nitrogen and oxygen atoms in total. The molecule has 2 N–H and O–H groups in total. The maximum atomic E-state index is 12.9. The van der Waals surface area contributed by atoms with Crippen LogP contribution in [0.2, 0.25) is 0 Å². The number of thiophene rings is 1. The Bertz CT molecular complexity index is 891. The van der Waals surface area contributed by atoms with Crippen LogP contribution in [-0.4, -0.2) is 53.9 Å². The van der Waals surface area contributed by atoms with Crippen LogP contribution < -0.4 is 16.2 Å². The first-order valence-electron chi connectivity index (χ1n) is 8.54. The third-order valence-corrected chi connectivity index (χ3v) is 6.00. The third-order valence-electron chi connectivity index (χ3n) is 3.93. The largest absolute Gasteiger partial charge is 0.383 e. The molecule has 0 aliphatic rings. The summed E-state index contributed by atoms with van der Waals surface area (Å²) in [5.74, 6) is -0.470. The van der Waals surface area contributed by atoms with Gasteiger partial charge in [-0.05, 0) is 26.3 Å². The van der Waals surface area contributed by atoms with E-state index in [0.29, 0.717) is 35.1 Å². The Morgan fingerprint density at radius 3 is 2.67 bits per heavy atom. The summed E-state index contributed by atoms with van der Waals surface area (Å²) in [5.41, 5.74) is 0.819. The summed E-state index contributed by atoms with van der Waals surface area (Å²) in [6.07, 6.45) is 0. The SMILES string of the molecule is CCNC(=O)CNC(=O)CSc1nc2sc(C)c(C)c2c(=O)n1CCOC. The van der Waals surface area contributed by atoms with E-state index in [1.165, 1.54) is 23.1 Å². The van der Waals surface area contributed by atoms with Crippen LogP contribution in [0.15, 0.2) is 9.95 Å². The Morgan fingerprint density at radius 1 is 1.26 bits per heavy atom. The summed E-state index contributed by atoms with van der Waals surface area (Å²) in [7, 11) is 1.57. The van der Waals surface area contributed by atoms with Gasteiger partial charge in [-0.1, -0.05) is 11.8 Å². The van der Waals surface area contributed by atoms with Crippen molar-refractivity contribution in [2.45, 2.75) is 32.5 Å². The zero-order valence-electron chi connectivity index (χ0n) is 15.9. The molecule has 0 aliphatic heterocycles. The van der Waals surface area contributed by atoms with Gasteiger partial charge in [0, 0.05) is 18.5 Å². The van der Waals surface area contributed by atoms with Gasteiger partial charge in [-0.3, -0.25) is 19.0 Å². The van der Waals surface area contributed by atoms with E-state index >= 15 is 0 Å². The summed E-state index contributed by atoms with van der Waals surface area (Å²) >= 11 is 2.64. The van der Waals surface area contributed by atoms with Crippen molar-refractivity contribution < 1.29 is 14.3 Å². The molecule has 2 rings (SSSR count). The zero-order valence-corrected chi connectivity index (χ0v) is 17.5. The number of likely N-dealkylation sites (N-methyl/N-ethyl adjacent to an activating group) is 1. The molecule has 0 aliphatic carbocycles. The van der Waals surface area contributed by atoms with Crippen LogP contribution in [0.4, 0.5) is 0 Å². The van der Waals surface area contributed by atoms with Gasteiger partial charge >= 0.3 is 0 Å². The highest BCUT2D eigenvalue weighted by atomic mass is 32.2. The lowest BCUT2D eigenvalue weighted by atomic mass is 10.2. The van der Waals surface area contributed by atoms with Crippen molar-refractivity contribution in [3.8, 4) is 0 Å². The molecule has 0 bridgehead atoms. The monoisotopic (exact) mass is 412 g/mol. The van der Waals surface area contributed by atoms with Crippen molar-refractivity contribution in [1.29, 1.82) is 0 Å². The van der Waals surface area contributed by atoms with E-state index in [4.69, 9.17) is 4.74 Å². The first kappa shape index (κ1) is 21.4. The van der Waals surface area contributed by atoms with Crippen LogP contribution in [-0.2, 0) is 20.9 Å². The van der Waals surface area contributed by atoms with Gasteiger partial charge in [0.05, 0.1) is 30.8 Å². The lowest BCUT2D eigenvalue weighted by Gasteiger charge is -2.12. The predicted molar refractivity (Wildman–Crippen MR) is 108 cm³/mol. The van der Waals surface area contributed by atoms with E-state index in [9.17, 15) is 14.4 Å². The van der Waals surface area contributed by atoms with E-state index < -0.39 is 0 Å². The average molecular weight is 413 g/mol. The molecule has 0 saturated heterocycles. The molecule has 10 heteroatoms. The van der Waals surface area contributed by atoms with E-state index in [-0.39, 0.29) is 29.7 Å². The fourth-order valence-corrected chi connectivity index (χ4v) is 4.34. The molecular weight excluding hydrogens is 388 g/mol. The lowest BCUT2D eigenvalue weighted by molar-refractivity contribution is -0.124. The van der Waals surface area contributed by atoms with Crippen LogP contribution in [0.25, 0.3) is 10.2 Å². The first-order valence-corrected chi connectivity index (χ1v) is 10.3. The number of nitrogens with one attached hydrogen (secondary N) is 2. The molecule has 0 fully saturated rings. The van der Waals surface area contributed by atoms with E-state index in [2.05, 4.69) is 15.6 Å². The number of aryl methyl sites for hydroxylation is 2. The minimum Gasteiger partial charge on any atom is -0.383 e. The van der Waals surface area contributed by atoms with E-state index in [0.717, 1.165) is 10.4 Å². The number of fused-ring (bicyclic) bond motifs is 1. The predicted octanol–water partition coefficient (Wildman–Crippen LogP) is 1.07. The average Bonchev–Trinajstić information content (AvgIpc) is 2.92. The van der Waals surface area contributed by atoms with Gasteiger partial charge in [0.15, 0.2) is 5.16 Å². The number of nitrogens with zero attached hydrogens (tertiary/aromatic N) is 2. The van der Waals surface area contributed by atoms with Gasteiger partial charge < -0.3 is 15.4 Å². The van der Waals surface area contributed by atoms with Gasteiger partial charge in [-0.15, -0.1) is 11.3 Å². The van der Waals surface area contributed by atoms with E-state index in [1.54, 1.807) is 11.7 Å². The molecule has 2 amide bonds. The Balaban J connectivity index is 2.19. The summed E-state index contributed by atoms with van der Waals surface area (Å²) in [6, 6.07) is 0. The number of hydrogen-bond acceptors (Lipinski definition) is 7. The molecular formula is C17H24N4O4S2. The zero-order chi connectivity index (χ0) is 20.0. The Morgan fingerprint density at radius 2 is 2.00 bits per heavy atom. The fourth-order valence-electron chi connectivity index (χ4n) is 2.42.